The Morgan fingerprint density at radius 2 is 1.66 bits per heavy atom. The van der Waals surface area contributed by atoms with E-state index in [9.17, 15) is 15.2 Å². The van der Waals surface area contributed by atoms with E-state index in [0.29, 0.717) is 39.4 Å². The van der Waals surface area contributed by atoms with Gasteiger partial charge in [-0.15, -0.1) is 0 Å². The van der Waals surface area contributed by atoms with Crippen LogP contribution >= 0.6 is 0 Å². The molecule has 0 atom stereocenters. The first-order valence-electron chi connectivity index (χ1n) is 9.08. The van der Waals surface area contributed by atoms with Crippen LogP contribution in [0.4, 0.5) is 0 Å². The third kappa shape index (κ3) is 4.12. The van der Waals surface area contributed by atoms with E-state index >= 15 is 0 Å². The minimum absolute atomic E-state index is 0.0625. The number of hydrogen-bond donors (Lipinski definition) is 1. The van der Waals surface area contributed by atoms with E-state index in [1.807, 2.05) is 13.8 Å². The van der Waals surface area contributed by atoms with Gasteiger partial charge in [-0.1, -0.05) is 38.1 Å². The molecule has 2 aromatic carbocycles. The number of carbonyl (C=O) groups is 1. The predicted octanol–water partition coefficient (Wildman–Crippen LogP) is 5.26. The lowest BCUT2D eigenvalue weighted by molar-refractivity contribution is 0.0687. The van der Waals surface area contributed by atoms with Gasteiger partial charge in [0.1, 0.15) is 29.3 Å². The van der Waals surface area contributed by atoms with Crippen LogP contribution in [0.5, 0.6) is 11.5 Å². The lowest BCUT2D eigenvalue weighted by Crippen LogP contribution is -2.06. The summed E-state index contributed by atoms with van der Waals surface area (Å²) in [6, 6.07) is 17.8. The lowest BCUT2D eigenvalue weighted by atomic mass is 10.0. The second-order valence-electron chi connectivity index (χ2n) is 5.89. The Morgan fingerprint density at radius 3 is 2.21 bits per heavy atom. The number of nitrogens with zero attached hydrogens (tertiary/aromatic N) is 3. The molecule has 6 nitrogen and oxygen atoms in total. The Labute approximate surface area is 169 Å². The molecule has 3 aromatic rings. The average Bonchev–Trinajstić information content (AvgIpc) is 3.01. The van der Waals surface area contributed by atoms with Gasteiger partial charge in [-0.25, -0.2) is 4.79 Å². The number of carboxylic acid groups (broad SMARTS) is 1. The van der Waals surface area contributed by atoms with E-state index in [1.165, 1.54) is 4.57 Å². The van der Waals surface area contributed by atoms with Crippen LogP contribution in [0, 0.1) is 29.6 Å². The highest BCUT2D eigenvalue weighted by atomic mass is 16.5. The van der Waals surface area contributed by atoms with Crippen molar-refractivity contribution in [1.29, 1.82) is 10.5 Å². The summed E-state index contributed by atoms with van der Waals surface area (Å²) in [6.45, 7) is 5.71. The molecular formula is C23H21N3O3. The van der Waals surface area contributed by atoms with Crippen LogP contribution in [-0.2, 0) is 7.05 Å². The van der Waals surface area contributed by atoms with Crippen molar-refractivity contribution in [1.82, 2.24) is 4.57 Å². The van der Waals surface area contributed by atoms with Crippen molar-refractivity contribution in [3.8, 4) is 34.8 Å². The van der Waals surface area contributed by atoms with Crippen molar-refractivity contribution in [2.24, 2.45) is 7.05 Å². The van der Waals surface area contributed by atoms with Gasteiger partial charge in [0.15, 0.2) is 0 Å². The van der Waals surface area contributed by atoms with Crippen LogP contribution in [0.2, 0.25) is 0 Å². The highest BCUT2D eigenvalue weighted by Crippen LogP contribution is 2.34. The summed E-state index contributed by atoms with van der Waals surface area (Å²) in [6.07, 6.45) is 0. The molecule has 0 aliphatic carbocycles. The molecule has 29 heavy (non-hydrogen) atoms. The maximum absolute atomic E-state index is 11.7. The van der Waals surface area contributed by atoms with Crippen LogP contribution in [0.3, 0.4) is 0 Å². The topological polar surface area (TPSA) is 99.0 Å². The zero-order valence-corrected chi connectivity index (χ0v) is 16.7. The smallest absolute Gasteiger partial charge is 0.353 e. The minimum Gasteiger partial charge on any atom is -0.477 e. The molecule has 0 radical (unpaired) electrons. The molecule has 1 heterocycles. The van der Waals surface area contributed by atoms with E-state index in [2.05, 4.69) is 12.1 Å². The molecule has 0 saturated carbocycles. The van der Waals surface area contributed by atoms with Crippen LogP contribution in [0.15, 0.2) is 48.5 Å². The molecule has 0 aliphatic rings. The van der Waals surface area contributed by atoms with Crippen LogP contribution < -0.4 is 4.74 Å². The number of para-hydroxylation sites is 1. The summed E-state index contributed by atoms with van der Waals surface area (Å²) in [5.74, 6) is -0.155. The van der Waals surface area contributed by atoms with Gasteiger partial charge in [-0.3, -0.25) is 0 Å². The minimum atomic E-state index is -1.10. The van der Waals surface area contributed by atoms with Crippen LogP contribution in [-0.4, -0.2) is 15.6 Å². The number of hydrogen-bond acceptors (Lipinski definition) is 4. The van der Waals surface area contributed by atoms with E-state index in [1.54, 1.807) is 62.5 Å². The predicted molar refractivity (Wildman–Crippen MR) is 110 cm³/mol. The Kier molecular flexibility index (Phi) is 6.79. The fourth-order valence-electron chi connectivity index (χ4n) is 2.94. The third-order valence-corrected chi connectivity index (χ3v) is 4.38. The van der Waals surface area contributed by atoms with Gasteiger partial charge in [0.25, 0.3) is 0 Å². The summed E-state index contributed by atoms with van der Waals surface area (Å²) in [5.41, 5.74) is 2.39. The van der Waals surface area contributed by atoms with E-state index in [0.717, 1.165) is 0 Å². The summed E-state index contributed by atoms with van der Waals surface area (Å²) < 4.78 is 7.25. The van der Waals surface area contributed by atoms with Crippen molar-refractivity contribution in [3.05, 3.63) is 71.0 Å². The molecule has 0 aliphatic heterocycles. The Bertz CT molecular complexity index is 1110. The second kappa shape index (κ2) is 9.25. The van der Waals surface area contributed by atoms with Crippen molar-refractivity contribution >= 4 is 5.97 Å². The van der Waals surface area contributed by atoms with Gasteiger partial charge < -0.3 is 14.4 Å². The van der Waals surface area contributed by atoms with Crippen molar-refractivity contribution < 1.29 is 14.6 Å². The summed E-state index contributed by atoms with van der Waals surface area (Å²) in [4.78, 5) is 11.7. The molecule has 146 valence electrons. The number of rotatable bonds is 4. The van der Waals surface area contributed by atoms with Gasteiger partial charge in [0.05, 0.1) is 11.1 Å². The summed E-state index contributed by atoms with van der Waals surface area (Å²) in [5, 5.41) is 28.2. The van der Waals surface area contributed by atoms with Gasteiger partial charge >= 0.3 is 5.97 Å². The first-order valence-corrected chi connectivity index (χ1v) is 9.08. The maximum Gasteiger partial charge on any atom is 0.353 e. The van der Waals surface area contributed by atoms with Crippen molar-refractivity contribution in [2.45, 2.75) is 20.8 Å². The number of ether oxygens (including phenoxy) is 1. The standard InChI is InChI=1S/C21H15N3O3.C2H6/c1-13-17(12-23)19(20(21(25)26)24(13)2)14-7-9-16(10-8-14)27-18-6-4-3-5-15(18)11-22;1-2/h3-10H,1-2H3,(H,25,26);1-2H3. The first kappa shape index (κ1) is 21.3. The third-order valence-electron chi connectivity index (χ3n) is 4.38. The Hall–Kier alpha value is -4.03. The normalized spacial score (nSPS) is 9.59. The quantitative estimate of drug-likeness (QED) is 0.658. The largest absolute Gasteiger partial charge is 0.477 e. The molecule has 1 aromatic heterocycles. The molecule has 3 rings (SSSR count). The average molecular weight is 387 g/mol. The maximum atomic E-state index is 11.7. The first-order chi connectivity index (χ1) is 14.0. The number of carboxylic acids is 1. The fraction of sp³-hybridized carbons (Fsp3) is 0.174. The number of aromatic carboxylic acids is 1. The molecular weight excluding hydrogens is 366 g/mol. The number of benzene rings is 2. The molecule has 0 fully saturated rings. The highest BCUT2D eigenvalue weighted by molar-refractivity contribution is 5.97. The monoisotopic (exact) mass is 387 g/mol. The van der Waals surface area contributed by atoms with Crippen LogP contribution in [0.25, 0.3) is 11.1 Å². The van der Waals surface area contributed by atoms with Gasteiger partial charge in [0.2, 0.25) is 0 Å². The lowest BCUT2D eigenvalue weighted by Gasteiger charge is -2.09. The second-order valence-corrected chi connectivity index (χ2v) is 5.89. The Morgan fingerprint density at radius 1 is 1.03 bits per heavy atom. The zero-order chi connectivity index (χ0) is 21.6. The molecule has 6 heteroatoms. The number of nitriles is 2. The highest BCUT2D eigenvalue weighted by Gasteiger charge is 2.24. The summed E-state index contributed by atoms with van der Waals surface area (Å²) >= 11 is 0. The molecule has 0 spiro atoms. The van der Waals surface area contributed by atoms with E-state index < -0.39 is 5.97 Å². The van der Waals surface area contributed by atoms with Crippen LogP contribution in [0.1, 0.15) is 41.2 Å². The zero-order valence-electron chi connectivity index (χ0n) is 16.7. The molecule has 0 unspecified atom stereocenters. The Balaban J connectivity index is 0.00000145. The van der Waals surface area contributed by atoms with Crippen molar-refractivity contribution in [3.63, 3.8) is 0 Å². The SMILES string of the molecule is CC.Cc1c(C#N)c(-c2ccc(Oc3ccccc3C#N)cc2)c(C(=O)O)n1C. The molecule has 1 N–H and O–H groups in total. The van der Waals surface area contributed by atoms with Gasteiger partial charge in [-0.05, 0) is 36.8 Å². The summed E-state index contributed by atoms with van der Waals surface area (Å²) in [7, 11) is 1.62. The van der Waals surface area contributed by atoms with Gasteiger partial charge in [0, 0.05) is 18.3 Å². The molecule has 0 bridgehead atoms. The molecule has 0 saturated heterocycles. The van der Waals surface area contributed by atoms with E-state index in [-0.39, 0.29) is 5.69 Å². The van der Waals surface area contributed by atoms with Crippen molar-refractivity contribution in [2.75, 3.05) is 0 Å². The fourth-order valence-corrected chi connectivity index (χ4v) is 2.94. The van der Waals surface area contributed by atoms with Gasteiger partial charge in [-0.2, -0.15) is 10.5 Å². The molecule has 0 amide bonds. The van der Waals surface area contributed by atoms with E-state index in [4.69, 9.17) is 10.00 Å². The number of aromatic nitrogens is 1.